The normalized spacial score (nSPS) is 22.4. The van der Waals surface area contributed by atoms with Crippen LogP contribution < -0.4 is 32.8 Å². The van der Waals surface area contributed by atoms with Crippen LogP contribution in [-0.4, -0.2) is 53.8 Å². The van der Waals surface area contributed by atoms with Gasteiger partial charge in [-0.25, -0.2) is 14.6 Å². The van der Waals surface area contributed by atoms with Crippen molar-refractivity contribution in [1.82, 2.24) is 29.9 Å². The Balaban J connectivity index is 1.48. The van der Waals surface area contributed by atoms with Crippen LogP contribution in [0.15, 0.2) is 22.1 Å². The summed E-state index contributed by atoms with van der Waals surface area (Å²) in [5.74, 6) is 0.0574. The van der Waals surface area contributed by atoms with Crippen molar-refractivity contribution in [3.63, 3.8) is 0 Å². The first kappa shape index (κ1) is 20.2. The number of anilines is 1. The molecule has 12 heteroatoms. The molecule has 3 heterocycles. The van der Waals surface area contributed by atoms with Crippen LogP contribution in [0.3, 0.4) is 0 Å². The number of aromatic amines is 2. The fraction of sp³-hybridized carbons (Fsp3) is 0.450. The Bertz CT molecular complexity index is 1330. The van der Waals surface area contributed by atoms with E-state index in [0.717, 1.165) is 38.5 Å². The highest BCUT2D eigenvalue weighted by atomic mass is 16.3. The van der Waals surface area contributed by atoms with Crippen molar-refractivity contribution >= 4 is 23.6 Å². The van der Waals surface area contributed by atoms with Crippen molar-refractivity contribution in [1.29, 1.82) is 0 Å². The third kappa shape index (κ3) is 4.35. The van der Waals surface area contributed by atoms with Crippen LogP contribution in [0.25, 0.3) is 11.7 Å². The largest absolute Gasteiger partial charge is 0.493 e. The fourth-order valence-corrected chi connectivity index (χ4v) is 3.86. The van der Waals surface area contributed by atoms with Crippen molar-refractivity contribution < 1.29 is 9.90 Å². The van der Waals surface area contributed by atoms with Gasteiger partial charge in [0.1, 0.15) is 11.5 Å². The smallest absolute Gasteiger partial charge is 0.326 e. The summed E-state index contributed by atoms with van der Waals surface area (Å²) in [5.41, 5.74) is 6.63. The lowest BCUT2D eigenvalue weighted by Crippen LogP contribution is -2.42. The van der Waals surface area contributed by atoms with Crippen molar-refractivity contribution in [2.24, 2.45) is 10.7 Å². The molecule has 0 radical (unpaired) electrons. The van der Waals surface area contributed by atoms with Gasteiger partial charge in [-0.15, -0.1) is 0 Å². The van der Waals surface area contributed by atoms with E-state index in [0.29, 0.717) is 22.2 Å². The molecule has 2 saturated carbocycles. The molecule has 0 unspecified atom stereocenters. The van der Waals surface area contributed by atoms with E-state index in [1.165, 1.54) is 0 Å². The minimum absolute atomic E-state index is 0.0846. The number of nitrogens with one attached hydrogen (secondary N) is 4. The number of urea groups is 1. The number of carbonyl (C=O) groups is 1. The molecule has 3 aromatic heterocycles. The van der Waals surface area contributed by atoms with Gasteiger partial charge in [-0.05, 0) is 44.6 Å². The van der Waals surface area contributed by atoms with E-state index in [2.05, 4.69) is 35.7 Å². The predicted molar refractivity (Wildman–Crippen MR) is 116 cm³/mol. The van der Waals surface area contributed by atoms with Crippen LogP contribution >= 0.6 is 0 Å². The Hall–Kier alpha value is -3.67. The number of aromatic hydroxyl groups is 1. The van der Waals surface area contributed by atoms with Gasteiger partial charge in [0, 0.05) is 23.4 Å². The summed E-state index contributed by atoms with van der Waals surface area (Å²) in [4.78, 5) is 38.0. The van der Waals surface area contributed by atoms with Crippen LogP contribution in [-0.2, 0) is 0 Å². The van der Waals surface area contributed by atoms with E-state index in [1.54, 1.807) is 22.9 Å². The van der Waals surface area contributed by atoms with E-state index in [4.69, 9.17) is 5.73 Å². The first-order valence-electron chi connectivity index (χ1n) is 10.7. The summed E-state index contributed by atoms with van der Waals surface area (Å²) in [5, 5.41) is 20.6. The molecule has 168 valence electrons. The van der Waals surface area contributed by atoms with E-state index in [1.807, 2.05) is 0 Å². The van der Waals surface area contributed by atoms with Crippen LogP contribution in [0, 0.1) is 0 Å². The topological polar surface area (TPSA) is 179 Å². The zero-order chi connectivity index (χ0) is 22.2. The second-order valence-corrected chi connectivity index (χ2v) is 8.39. The maximum absolute atomic E-state index is 12.6. The standard InChI is InChI=1S/C20H25N9O3/c21-11-1-3-13(4-2-11)24-19(31)27-15-8-16(23-12-5-6-12)29-17(26-15)10(9-22-29)7-14-18(30)28-20(32)25-14/h7-9,11-13,30H,1-6,21H2,(H2,24,27,31)(H2,25,28,32). The average molecular weight is 439 g/mol. The molecule has 0 aromatic carbocycles. The van der Waals surface area contributed by atoms with E-state index in [9.17, 15) is 14.7 Å². The van der Waals surface area contributed by atoms with Gasteiger partial charge in [0.05, 0.1) is 12.2 Å². The number of amides is 2. The minimum atomic E-state index is -0.523. The Morgan fingerprint density at radius 3 is 2.72 bits per heavy atom. The summed E-state index contributed by atoms with van der Waals surface area (Å²) in [6.45, 7) is 0. The van der Waals surface area contributed by atoms with E-state index >= 15 is 0 Å². The van der Waals surface area contributed by atoms with Gasteiger partial charge in [0.25, 0.3) is 0 Å². The number of carbonyl (C=O) groups excluding carboxylic acids is 1. The number of nitrogens with two attached hydrogens (primary N) is 1. The van der Waals surface area contributed by atoms with Gasteiger partial charge in [0.15, 0.2) is 11.1 Å². The van der Waals surface area contributed by atoms with Crippen molar-refractivity contribution in [2.75, 3.05) is 5.32 Å². The van der Waals surface area contributed by atoms with Gasteiger partial charge in [-0.2, -0.15) is 9.61 Å². The summed E-state index contributed by atoms with van der Waals surface area (Å²) in [7, 11) is 0. The summed E-state index contributed by atoms with van der Waals surface area (Å²) in [6, 6.07) is 1.88. The third-order valence-electron chi connectivity index (χ3n) is 5.73. The molecule has 0 bridgehead atoms. The van der Waals surface area contributed by atoms with Crippen LogP contribution in [0.2, 0.25) is 0 Å². The maximum Gasteiger partial charge on any atom is 0.326 e. The highest BCUT2D eigenvalue weighted by Gasteiger charge is 2.22. The van der Waals surface area contributed by atoms with Crippen molar-refractivity contribution in [3.05, 3.63) is 39.1 Å². The molecule has 2 amide bonds. The quantitative estimate of drug-likeness (QED) is 0.317. The number of hydrogen-bond donors (Lipinski definition) is 6. The molecule has 0 atom stereocenters. The molecule has 7 N–H and O–H groups in total. The molecule has 5 rings (SSSR count). The Morgan fingerprint density at radius 1 is 1.25 bits per heavy atom. The van der Waals surface area contributed by atoms with Crippen LogP contribution in [0.5, 0.6) is 5.88 Å². The molecule has 12 nitrogen and oxygen atoms in total. The third-order valence-corrected chi connectivity index (χ3v) is 5.73. The molecular weight excluding hydrogens is 414 g/mol. The molecular formula is C20H25N9O3. The molecule has 0 saturated heterocycles. The number of nitrogens with zero attached hydrogens (tertiary/aromatic N) is 4. The predicted octanol–water partition coefficient (Wildman–Crippen LogP) is -0.546. The number of imidazole rings is 1. The lowest BCUT2D eigenvalue weighted by atomic mass is 9.92. The van der Waals surface area contributed by atoms with Crippen LogP contribution in [0.4, 0.5) is 10.6 Å². The minimum Gasteiger partial charge on any atom is -0.493 e. The zero-order valence-corrected chi connectivity index (χ0v) is 17.3. The summed E-state index contributed by atoms with van der Waals surface area (Å²) < 4.78 is 1.58. The Labute approximate surface area is 181 Å². The second kappa shape index (κ2) is 8.11. The fourth-order valence-electron chi connectivity index (χ4n) is 3.86. The van der Waals surface area contributed by atoms with Gasteiger partial charge in [0.2, 0.25) is 5.88 Å². The molecule has 3 aromatic rings. The molecule has 0 aliphatic heterocycles. The molecule has 2 aliphatic carbocycles. The van der Waals surface area contributed by atoms with Gasteiger partial charge < -0.3 is 21.1 Å². The molecule has 2 fully saturated rings. The SMILES string of the molecule is NC1CCC(NC(=O)Nc2cc(=NC3CC3)n3ncc(=Cc4[nH]c(=O)[nH]c4O)c3n2)CC1. The lowest BCUT2D eigenvalue weighted by molar-refractivity contribution is 0.242. The number of aromatic nitrogens is 5. The Kier molecular flexibility index (Phi) is 5.13. The maximum atomic E-state index is 12.6. The Morgan fingerprint density at radius 2 is 2.03 bits per heavy atom. The van der Waals surface area contributed by atoms with Crippen LogP contribution in [0.1, 0.15) is 44.2 Å². The first-order chi connectivity index (χ1) is 15.4. The van der Waals surface area contributed by atoms with E-state index < -0.39 is 5.69 Å². The highest BCUT2D eigenvalue weighted by molar-refractivity contribution is 5.88. The number of hydrogen-bond acceptors (Lipinski definition) is 7. The van der Waals surface area contributed by atoms with Gasteiger partial charge in [-0.1, -0.05) is 0 Å². The molecule has 32 heavy (non-hydrogen) atoms. The van der Waals surface area contributed by atoms with Crippen molar-refractivity contribution in [3.8, 4) is 5.88 Å². The van der Waals surface area contributed by atoms with Gasteiger partial charge in [-0.3, -0.25) is 15.3 Å². The summed E-state index contributed by atoms with van der Waals surface area (Å²) in [6.07, 6.45) is 8.62. The number of fused-ring (bicyclic) bond motifs is 1. The highest BCUT2D eigenvalue weighted by Crippen LogP contribution is 2.22. The number of H-pyrrole nitrogens is 2. The molecule has 0 spiro atoms. The average Bonchev–Trinajstić information content (AvgIpc) is 3.38. The lowest BCUT2D eigenvalue weighted by Gasteiger charge is -2.26. The summed E-state index contributed by atoms with van der Waals surface area (Å²) >= 11 is 0. The molecule has 2 aliphatic rings. The monoisotopic (exact) mass is 439 g/mol. The van der Waals surface area contributed by atoms with Gasteiger partial charge >= 0.3 is 11.7 Å². The van der Waals surface area contributed by atoms with Crippen molar-refractivity contribution in [2.45, 2.75) is 56.7 Å². The first-order valence-corrected chi connectivity index (χ1v) is 10.7. The van der Waals surface area contributed by atoms with E-state index in [-0.39, 0.29) is 35.7 Å². The second-order valence-electron chi connectivity index (χ2n) is 8.39. The zero-order valence-electron chi connectivity index (χ0n) is 17.3. The number of rotatable bonds is 4.